The quantitative estimate of drug-likeness (QED) is 0.698. The molecule has 1 unspecified atom stereocenters. The average molecular weight is 438 g/mol. The second-order valence-corrected chi connectivity index (χ2v) is 7.91. The van der Waals surface area contributed by atoms with Crippen LogP contribution in [0.15, 0.2) is 45.3 Å². The van der Waals surface area contributed by atoms with Gasteiger partial charge in [-0.25, -0.2) is 0 Å². The summed E-state index contributed by atoms with van der Waals surface area (Å²) in [5.74, 6) is 0.109. The van der Waals surface area contributed by atoms with Crippen LogP contribution in [0.3, 0.4) is 0 Å². The predicted octanol–water partition coefficient (Wildman–Crippen LogP) is 4.18. The number of carboxylic acid groups (broad SMARTS) is 1. The van der Waals surface area contributed by atoms with E-state index in [-0.39, 0.29) is 30.5 Å². The van der Waals surface area contributed by atoms with Gasteiger partial charge < -0.3 is 9.52 Å². The molecule has 8 heteroatoms. The van der Waals surface area contributed by atoms with Crippen molar-refractivity contribution in [2.75, 3.05) is 6.54 Å². The summed E-state index contributed by atoms with van der Waals surface area (Å²) >= 11 is 4.35. The molecule has 1 N–H and O–H groups in total. The Morgan fingerprint density at radius 3 is 2.62 bits per heavy atom. The van der Waals surface area contributed by atoms with Gasteiger partial charge >= 0.3 is 5.97 Å². The van der Waals surface area contributed by atoms with E-state index in [1.54, 1.807) is 0 Å². The lowest BCUT2D eigenvalue weighted by Crippen LogP contribution is -2.33. The van der Waals surface area contributed by atoms with Crippen LogP contribution in [0, 0.1) is 0 Å². The molecule has 0 saturated carbocycles. The molecular formula is C18H16BrNO5S. The second-order valence-electron chi connectivity index (χ2n) is 5.84. The average Bonchev–Trinajstić information content (AvgIpc) is 3.15. The Labute approximate surface area is 162 Å². The first-order valence-corrected chi connectivity index (χ1v) is 9.70. The number of hydrogen-bond acceptors (Lipinski definition) is 5. The number of carboxylic acids is 1. The number of rotatable bonds is 7. The van der Waals surface area contributed by atoms with Gasteiger partial charge in [-0.3, -0.25) is 19.3 Å². The van der Waals surface area contributed by atoms with E-state index in [0.29, 0.717) is 17.9 Å². The highest BCUT2D eigenvalue weighted by Crippen LogP contribution is 2.31. The number of thioether (sulfide) groups is 1. The molecule has 3 rings (SSSR count). The number of imide groups is 1. The number of aliphatic carboxylic acids is 1. The molecule has 1 aromatic heterocycles. The predicted molar refractivity (Wildman–Crippen MR) is 101 cm³/mol. The molecule has 6 nitrogen and oxygen atoms in total. The van der Waals surface area contributed by atoms with Crippen LogP contribution in [-0.4, -0.2) is 38.9 Å². The van der Waals surface area contributed by atoms with Gasteiger partial charge in [0.15, 0.2) is 0 Å². The van der Waals surface area contributed by atoms with Crippen molar-refractivity contribution in [3.63, 3.8) is 0 Å². The molecule has 136 valence electrons. The monoisotopic (exact) mass is 437 g/mol. The van der Waals surface area contributed by atoms with Crippen molar-refractivity contribution in [3.05, 3.63) is 46.6 Å². The zero-order valence-corrected chi connectivity index (χ0v) is 16.1. The summed E-state index contributed by atoms with van der Waals surface area (Å²) in [7, 11) is 0. The molecule has 26 heavy (non-hydrogen) atoms. The Morgan fingerprint density at radius 1 is 1.19 bits per heavy atom. The Bertz CT molecular complexity index is 832. The first kappa shape index (κ1) is 18.7. The van der Waals surface area contributed by atoms with Gasteiger partial charge in [-0.1, -0.05) is 39.8 Å². The normalized spacial score (nSPS) is 17.1. The fourth-order valence-corrected chi connectivity index (χ4v) is 3.95. The van der Waals surface area contributed by atoms with Crippen molar-refractivity contribution in [1.82, 2.24) is 4.90 Å². The van der Waals surface area contributed by atoms with E-state index in [4.69, 9.17) is 9.52 Å². The molecule has 0 bridgehead atoms. The van der Waals surface area contributed by atoms with Crippen molar-refractivity contribution in [3.8, 4) is 11.3 Å². The van der Waals surface area contributed by atoms with Crippen molar-refractivity contribution in [1.29, 1.82) is 0 Å². The second kappa shape index (κ2) is 8.09. The molecule has 1 aliphatic rings. The van der Waals surface area contributed by atoms with E-state index in [1.807, 2.05) is 36.4 Å². The van der Waals surface area contributed by atoms with Crippen molar-refractivity contribution >= 4 is 44.8 Å². The molecule has 1 saturated heterocycles. The number of benzene rings is 1. The molecule has 2 heterocycles. The Balaban J connectivity index is 1.62. The van der Waals surface area contributed by atoms with Gasteiger partial charge in [0.2, 0.25) is 5.91 Å². The standard InChI is InChI=1S/C18H16BrNO5S/c19-12-5-3-11(4-6-12)14-8-7-13(25-14)10-15-17(23)20(18(24)26-15)9-1-2-16(21)22/h3-8,15H,1-2,9-10H2,(H,21,22). The maximum absolute atomic E-state index is 12.4. The van der Waals surface area contributed by atoms with Crippen molar-refractivity contribution < 1.29 is 23.9 Å². The van der Waals surface area contributed by atoms with E-state index in [2.05, 4.69) is 15.9 Å². The fraction of sp³-hybridized carbons (Fsp3) is 0.278. The van der Waals surface area contributed by atoms with Crippen LogP contribution in [0.1, 0.15) is 18.6 Å². The summed E-state index contributed by atoms with van der Waals surface area (Å²) in [4.78, 5) is 36.1. The SMILES string of the molecule is O=C(O)CCCN1C(=O)SC(Cc2ccc(-c3ccc(Br)cc3)o2)C1=O. The van der Waals surface area contributed by atoms with Crippen molar-refractivity contribution in [2.24, 2.45) is 0 Å². The minimum absolute atomic E-state index is 0.0683. The molecule has 0 spiro atoms. The number of nitrogens with zero attached hydrogens (tertiary/aromatic N) is 1. The Morgan fingerprint density at radius 2 is 1.92 bits per heavy atom. The van der Waals surface area contributed by atoms with Crippen LogP contribution in [0.4, 0.5) is 4.79 Å². The summed E-state index contributed by atoms with van der Waals surface area (Å²) in [5.41, 5.74) is 0.927. The van der Waals surface area contributed by atoms with E-state index in [1.165, 1.54) is 0 Å². The summed E-state index contributed by atoms with van der Waals surface area (Å²) in [6, 6.07) is 11.3. The maximum atomic E-state index is 12.4. The lowest BCUT2D eigenvalue weighted by Gasteiger charge is -2.12. The minimum Gasteiger partial charge on any atom is -0.481 e. The van der Waals surface area contributed by atoms with Gasteiger partial charge in [-0.2, -0.15) is 0 Å². The first-order valence-electron chi connectivity index (χ1n) is 8.02. The van der Waals surface area contributed by atoms with Crippen LogP contribution in [0.5, 0.6) is 0 Å². The smallest absolute Gasteiger partial charge is 0.303 e. The maximum Gasteiger partial charge on any atom is 0.303 e. The highest BCUT2D eigenvalue weighted by Gasteiger charge is 2.39. The van der Waals surface area contributed by atoms with Gasteiger partial charge in [0.05, 0.1) is 0 Å². The zero-order valence-electron chi connectivity index (χ0n) is 13.7. The largest absolute Gasteiger partial charge is 0.481 e. The van der Waals surface area contributed by atoms with Gasteiger partial charge in [-0.15, -0.1) is 0 Å². The molecule has 1 fully saturated rings. The highest BCUT2D eigenvalue weighted by atomic mass is 79.9. The number of hydrogen-bond donors (Lipinski definition) is 1. The van der Waals surface area contributed by atoms with Crippen LogP contribution < -0.4 is 0 Å². The topological polar surface area (TPSA) is 87.8 Å². The minimum atomic E-state index is -0.940. The lowest BCUT2D eigenvalue weighted by molar-refractivity contribution is -0.137. The number of carbonyl (C=O) groups is 3. The molecule has 1 aromatic carbocycles. The van der Waals surface area contributed by atoms with E-state index >= 15 is 0 Å². The fourth-order valence-electron chi connectivity index (χ4n) is 2.66. The molecule has 2 aromatic rings. The number of halogens is 1. The van der Waals surface area contributed by atoms with Crippen LogP contribution in [0.2, 0.25) is 0 Å². The lowest BCUT2D eigenvalue weighted by atomic mass is 10.2. The van der Waals surface area contributed by atoms with Crippen molar-refractivity contribution in [2.45, 2.75) is 24.5 Å². The van der Waals surface area contributed by atoms with E-state index in [9.17, 15) is 14.4 Å². The third-order valence-corrected chi connectivity index (χ3v) is 5.56. The summed E-state index contributed by atoms with van der Waals surface area (Å²) in [5, 5.41) is 7.81. The molecule has 0 aliphatic carbocycles. The molecular weight excluding hydrogens is 422 g/mol. The zero-order chi connectivity index (χ0) is 18.7. The molecule has 1 aliphatic heterocycles. The van der Waals surface area contributed by atoms with Gasteiger partial charge in [-0.05, 0) is 30.7 Å². The third-order valence-electron chi connectivity index (χ3n) is 3.95. The molecule has 2 amide bonds. The van der Waals surface area contributed by atoms with Gasteiger partial charge in [0.25, 0.3) is 5.24 Å². The Hall–Kier alpha value is -2.06. The van der Waals surface area contributed by atoms with Crippen LogP contribution in [0.25, 0.3) is 11.3 Å². The molecule has 0 radical (unpaired) electrons. The third kappa shape index (κ3) is 4.37. The van der Waals surface area contributed by atoms with Crippen LogP contribution >= 0.6 is 27.7 Å². The number of carbonyl (C=O) groups excluding carboxylic acids is 2. The summed E-state index contributed by atoms with van der Waals surface area (Å²) in [6.45, 7) is 0.135. The van der Waals surface area contributed by atoms with Crippen LogP contribution in [-0.2, 0) is 16.0 Å². The number of amides is 2. The summed E-state index contributed by atoms with van der Waals surface area (Å²) in [6.07, 6.45) is 0.511. The summed E-state index contributed by atoms with van der Waals surface area (Å²) < 4.78 is 6.79. The van der Waals surface area contributed by atoms with E-state index < -0.39 is 11.2 Å². The number of furan rings is 1. The van der Waals surface area contributed by atoms with E-state index in [0.717, 1.165) is 26.7 Å². The highest BCUT2D eigenvalue weighted by molar-refractivity contribution is 9.10. The van der Waals surface area contributed by atoms with Gasteiger partial charge in [0, 0.05) is 29.4 Å². The molecule has 1 atom stereocenters. The van der Waals surface area contributed by atoms with Gasteiger partial charge in [0.1, 0.15) is 16.8 Å². The Kier molecular flexibility index (Phi) is 5.83. The first-order chi connectivity index (χ1) is 12.4.